The highest BCUT2D eigenvalue weighted by Gasteiger charge is 2.27. The fourth-order valence-electron chi connectivity index (χ4n) is 3.02. The highest BCUT2D eigenvalue weighted by molar-refractivity contribution is 5.93. The Morgan fingerprint density at radius 1 is 1.08 bits per heavy atom. The lowest BCUT2D eigenvalue weighted by atomic mass is 10.1. The Bertz CT molecular complexity index is 981. The average Bonchev–Trinajstić information content (AvgIpc) is 2.69. The molecule has 132 valence electrons. The Hall–Kier alpha value is -3.29. The van der Waals surface area contributed by atoms with Crippen LogP contribution in [0.4, 0.5) is 0 Å². The van der Waals surface area contributed by atoms with Crippen LogP contribution in [0.1, 0.15) is 23.2 Å². The van der Waals surface area contributed by atoms with E-state index in [-0.39, 0.29) is 23.1 Å². The molecule has 0 saturated carbocycles. The maximum atomic E-state index is 12.7. The quantitative estimate of drug-likeness (QED) is 0.704. The summed E-state index contributed by atoms with van der Waals surface area (Å²) in [5, 5.41) is 0. The Morgan fingerprint density at radius 2 is 1.85 bits per heavy atom. The second-order valence-corrected chi connectivity index (χ2v) is 6.05. The molecule has 0 aromatic carbocycles. The number of hydrogen-bond donors (Lipinski definition) is 0. The van der Waals surface area contributed by atoms with E-state index < -0.39 is 0 Å². The van der Waals surface area contributed by atoms with Gasteiger partial charge in [0.05, 0.1) is 0 Å². The van der Waals surface area contributed by atoms with Crippen LogP contribution in [-0.2, 0) is 0 Å². The third-order valence-electron chi connectivity index (χ3n) is 4.39. The number of nitrogens with zero attached hydrogens (tertiary/aromatic N) is 5. The lowest BCUT2D eigenvalue weighted by Gasteiger charge is -2.31. The smallest absolute Gasteiger partial charge is 0.316 e. The van der Waals surface area contributed by atoms with Gasteiger partial charge >= 0.3 is 6.01 Å². The zero-order chi connectivity index (χ0) is 17.9. The summed E-state index contributed by atoms with van der Waals surface area (Å²) < 4.78 is 7.12. The van der Waals surface area contributed by atoms with Gasteiger partial charge in [0.1, 0.15) is 17.3 Å². The molecule has 8 nitrogen and oxygen atoms in total. The van der Waals surface area contributed by atoms with Crippen molar-refractivity contribution in [3.05, 3.63) is 65.0 Å². The molecule has 1 saturated heterocycles. The molecule has 4 rings (SSSR count). The van der Waals surface area contributed by atoms with E-state index in [1.54, 1.807) is 47.8 Å². The summed E-state index contributed by atoms with van der Waals surface area (Å²) in [6, 6.07) is 7.33. The predicted octanol–water partition coefficient (Wildman–Crippen LogP) is 1.17. The molecule has 0 atom stereocenters. The Morgan fingerprint density at radius 3 is 2.62 bits per heavy atom. The van der Waals surface area contributed by atoms with E-state index in [1.165, 1.54) is 10.6 Å². The summed E-state index contributed by atoms with van der Waals surface area (Å²) in [5.74, 6) is -0.296. The molecule has 0 unspecified atom stereocenters. The molecule has 3 aromatic heterocycles. The number of carbonyl (C=O) groups excluding carboxylic acids is 1. The number of likely N-dealkylation sites (tertiary alicyclic amines) is 1. The fourth-order valence-corrected chi connectivity index (χ4v) is 3.02. The van der Waals surface area contributed by atoms with Crippen LogP contribution in [-0.4, -0.2) is 49.4 Å². The van der Waals surface area contributed by atoms with E-state index in [2.05, 4.69) is 15.0 Å². The minimum Gasteiger partial charge on any atom is -0.460 e. The Labute approximate surface area is 149 Å². The molecule has 0 N–H and O–H groups in total. The molecule has 3 aromatic rings. The summed E-state index contributed by atoms with van der Waals surface area (Å²) >= 11 is 0. The van der Waals surface area contributed by atoms with Crippen LogP contribution < -0.4 is 10.3 Å². The first-order chi connectivity index (χ1) is 12.7. The van der Waals surface area contributed by atoms with Gasteiger partial charge < -0.3 is 9.64 Å². The zero-order valence-electron chi connectivity index (χ0n) is 14.0. The molecular weight excluding hydrogens is 334 g/mol. The third kappa shape index (κ3) is 3.13. The molecule has 0 bridgehead atoms. The van der Waals surface area contributed by atoms with Crippen LogP contribution in [0, 0.1) is 0 Å². The Kier molecular flexibility index (Phi) is 4.30. The third-order valence-corrected chi connectivity index (χ3v) is 4.39. The van der Waals surface area contributed by atoms with Crippen LogP contribution in [0.15, 0.2) is 53.8 Å². The molecular formula is C18H17N5O3. The topological polar surface area (TPSA) is 89.7 Å². The number of amides is 1. The largest absolute Gasteiger partial charge is 0.460 e. The van der Waals surface area contributed by atoms with Gasteiger partial charge in [0.25, 0.3) is 11.5 Å². The molecule has 0 radical (unpaired) electrons. The van der Waals surface area contributed by atoms with Crippen LogP contribution >= 0.6 is 0 Å². The average molecular weight is 351 g/mol. The first-order valence-electron chi connectivity index (χ1n) is 8.42. The van der Waals surface area contributed by atoms with Gasteiger partial charge in [-0.25, -0.2) is 15.0 Å². The number of ether oxygens (including phenoxy) is 1. The van der Waals surface area contributed by atoms with Gasteiger partial charge in [-0.3, -0.25) is 14.0 Å². The maximum absolute atomic E-state index is 12.7. The molecule has 1 aliphatic rings. The van der Waals surface area contributed by atoms with E-state index >= 15 is 0 Å². The van der Waals surface area contributed by atoms with Crippen molar-refractivity contribution in [3.63, 3.8) is 0 Å². The molecule has 8 heteroatoms. The second-order valence-electron chi connectivity index (χ2n) is 6.05. The predicted molar refractivity (Wildman–Crippen MR) is 93.0 cm³/mol. The molecule has 4 heterocycles. The summed E-state index contributed by atoms with van der Waals surface area (Å²) in [5.41, 5.74) is 0.250. The van der Waals surface area contributed by atoms with Crippen molar-refractivity contribution in [2.75, 3.05) is 13.1 Å². The number of carbonyl (C=O) groups is 1. The van der Waals surface area contributed by atoms with Crippen molar-refractivity contribution in [1.82, 2.24) is 24.3 Å². The lowest BCUT2D eigenvalue weighted by molar-refractivity contribution is 0.0576. The van der Waals surface area contributed by atoms with Crippen molar-refractivity contribution >= 4 is 11.6 Å². The SMILES string of the molecule is O=C(c1cnc2ccccn2c1=O)N1CCC(Oc2ncccn2)CC1. The first-order valence-corrected chi connectivity index (χ1v) is 8.42. The summed E-state index contributed by atoms with van der Waals surface area (Å²) in [6.07, 6.45) is 7.50. The van der Waals surface area contributed by atoms with Crippen molar-refractivity contribution < 1.29 is 9.53 Å². The van der Waals surface area contributed by atoms with Gasteiger partial charge in [0.2, 0.25) is 0 Å². The van der Waals surface area contributed by atoms with Gasteiger partial charge in [0, 0.05) is 50.7 Å². The minimum absolute atomic E-state index is 0.0442. The van der Waals surface area contributed by atoms with Crippen molar-refractivity contribution in [2.24, 2.45) is 0 Å². The van der Waals surface area contributed by atoms with Gasteiger partial charge in [-0.05, 0) is 18.2 Å². The molecule has 1 fully saturated rings. The molecule has 1 amide bonds. The van der Waals surface area contributed by atoms with Crippen LogP contribution in [0.25, 0.3) is 5.65 Å². The van der Waals surface area contributed by atoms with Crippen molar-refractivity contribution in [2.45, 2.75) is 18.9 Å². The Balaban J connectivity index is 1.45. The molecule has 0 aliphatic carbocycles. The molecule has 1 aliphatic heterocycles. The number of pyridine rings is 1. The van der Waals surface area contributed by atoms with Crippen LogP contribution in [0.2, 0.25) is 0 Å². The highest BCUT2D eigenvalue weighted by Crippen LogP contribution is 2.16. The number of aromatic nitrogens is 4. The van der Waals surface area contributed by atoms with Crippen molar-refractivity contribution in [3.8, 4) is 6.01 Å². The van der Waals surface area contributed by atoms with Crippen molar-refractivity contribution in [1.29, 1.82) is 0 Å². The van der Waals surface area contributed by atoms with Gasteiger partial charge in [0.15, 0.2) is 0 Å². The van der Waals surface area contributed by atoms with Gasteiger partial charge in [-0.2, -0.15) is 0 Å². The van der Waals surface area contributed by atoms with E-state index in [1.807, 2.05) is 0 Å². The molecule has 0 spiro atoms. The first kappa shape index (κ1) is 16.2. The standard InChI is InChI=1S/C18H17N5O3/c24-16(14-12-21-15-4-1-2-9-23(15)17(14)25)22-10-5-13(6-11-22)26-18-19-7-3-8-20-18/h1-4,7-9,12-13H,5-6,10-11H2. The van der Waals surface area contributed by atoms with E-state index in [9.17, 15) is 9.59 Å². The summed E-state index contributed by atoms with van der Waals surface area (Å²) in [7, 11) is 0. The number of piperidine rings is 1. The monoisotopic (exact) mass is 351 g/mol. The minimum atomic E-state index is -0.350. The van der Waals surface area contributed by atoms with Crippen LogP contribution in [0.5, 0.6) is 6.01 Å². The normalized spacial score (nSPS) is 15.2. The number of hydrogen-bond acceptors (Lipinski definition) is 6. The lowest BCUT2D eigenvalue weighted by Crippen LogP contribution is -2.43. The number of rotatable bonds is 3. The van der Waals surface area contributed by atoms with Gasteiger partial charge in [-0.1, -0.05) is 6.07 Å². The van der Waals surface area contributed by atoms with Crippen LogP contribution in [0.3, 0.4) is 0 Å². The molecule has 26 heavy (non-hydrogen) atoms. The summed E-state index contributed by atoms with van der Waals surface area (Å²) in [6.45, 7) is 1.01. The van der Waals surface area contributed by atoms with Gasteiger partial charge in [-0.15, -0.1) is 0 Å². The van der Waals surface area contributed by atoms with E-state index in [0.29, 0.717) is 37.6 Å². The fraction of sp³-hybridized carbons (Fsp3) is 0.278. The van der Waals surface area contributed by atoms with E-state index in [4.69, 9.17) is 4.74 Å². The zero-order valence-corrected chi connectivity index (χ0v) is 14.0. The maximum Gasteiger partial charge on any atom is 0.316 e. The number of fused-ring (bicyclic) bond motifs is 1. The summed E-state index contributed by atoms with van der Waals surface area (Å²) in [4.78, 5) is 39.3. The second kappa shape index (κ2) is 6.91. The van der Waals surface area contributed by atoms with E-state index in [0.717, 1.165) is 0 Å². The highest BCUT2D eigenvalue weighted by atomic mass is 16.5.